The molecule has 1 amide bonds. The lowest BCUT2D eigenvalue weighted by Crippen LogP contribution is -2.17. The molecule has 0 unspecified atom stereocenters. The molecule has 0 fully saturated rings. The summed E-state index contributed by atoms with van der Waals surface area (Å²) in [6.07, 6.45) is 0.821. The van der Waals surface area contributed by atoms with Gasteiger partial charge in [0.25, 0.3) is 5.91 Å². The van der Waals surface area contributed by atoms with Gasteiger partial charge in [-0.1, -0.05) is 34.1 Å². The number of halogens is 2. The second-order valence-electron chi connectivity index (χ2n) is 4.59. The molecule has 0 aromatic heterocycles. The van der Waals surface area contributed by atoms with Gasteiger partial charge in [0.15, 0.2) is 0 Å². The lowest BCUT2D eigenvalue weighted by atomic mass is 10.0. The second kappa shape index (κ2) is 7.73. The van der Waals surface area contributed by atoms with E-state index >= 15 is 0 Å². The molecule has 0 bridgehead atoms. The molecular formula is C16H16Br2N2O. The fraction of sp³-hybridized carbons (Fsp3) is 0.188. The van der Waals surface area contributed by atoms with Crippen LogP contribution in [0.4, 0.5) is 5.69 Å². The second-order valence-corrected chi connectivity index (χ2v) is 6.36. The average Bonchev–Trinajstić information content (AvgIpc) is 2.48. The van der Waals surface area contributed by atoms with Crippen LogP contribution < -0.4 is 10.6 Å². The average molecular weight is 412 g/mol. The standard InChI is InChI=1S/C16H16Br2N2O/c1-19-9-8-11-4-2-3-5-13(11)16(21)20-15-7-6-12(17)10-14(15)18/h2-7,10,19H,8-9H2,1H3,(H,20,21). The Hall–Kier alpha value is -1.17. The fourth-order valence-corrected chi connectivity index (χ4v) is 3.15. The van der Waals surface area contributed by atoms with Gasteiger partial charge in [0.2, 0.25) is 0 Å². The van der Waals surface area contributed by atoms with Gasteiger partial charge in [-0.15, -0.1) is 0 Å². The number of hydrogen-bond donors (Lipinski definition) is 2. The number of hydrogen-bond acceptors (Lipinski definition) is 2. The number of carbonyl (C=O) groups is 1. The van der Waals surface area contributed by atoms with Crippen molar-refractivity contribution in [1.29, 1.82) is 0 Å². The lowest BCUT2D eigenvalue weighted by Gasteiger charge is -2.11. The number of rotatable bonds is 5. The van der Waals surface area contributed by atoms with Gasteiger partial charge in [-0.3, -0.25) is 4.79 Å². The lowest BCUT2D eigenvalue weighted by molar-refractivity contribution is 0.102. The van der Waals surface area contributed by atoms with Crippen LogP contribution in [0.2, 0.25) is 0 Å². The molecule has 0 aliphatic rings. The van der Waals surface area contributed by atoms with Crippen molar-refractivity contribution < 1.29 is 4.79 Å². The fourth-order valence-electron chi connectivity index (χ4n) is 2.00. The zero-order valence-corrected chi connectivity index (χ0v) is 14.8. The van der Waals surface area contributed by atoms with Crippen molar-refractivity contribution in [1.82, 2.24) is 5.32 Å². The van der Waals surface area contributed by atoms with E-state index in [0.717, 1.165) is 33.2 Å². The number of anilines is 1. The van der Waals surface area contributed by atoms with Gasteiger partial charge in [-0.05, 0) is 65.8 Å². The highest BCUT2D eigenvalue weighted by atomic mass is 79.9. The third-order valence-corrected chi connectivity index (χ3v) is 4.23. The Bertz CT molecular complexity index is 644. The van der Waals surface area contributed by atoms with Crippen LogP contribution in [0.25, 0.3) is 0 Å². The molecule has 110 valence electrons. The Morgan fingerprint density at radius 2 is 1.90 bits per heavy atom. The predicted octanol–water partition coefficient (Wildman–Crippen LogP) is 4.23. The summed E-state index contributed by atoms with van der Waals surface area (Å²) in [5.41, 5.74) is 2.51. The Morgan fingerprint density at radius 3 is 2.62 bits per heavy atom. The predicted molar refractivity (Wildman–Crippen MR) is 93.9 cm³/mol. The van der Waals surface area contributed by atoms with E-state index in [1.54, 1.807) is 0 Å². The van der Waals surface area contributed by atoms with Crippen molar-refractivity contribution in [2.45, 2.75) is 6.42 Å². The first-order valence-corrected chi connectivity index (χ1v) is 8.19. The van der Waals surface area contributed by atoms with Crippen molar-refractivity contribution in [3.05, 3.63) is 62.5 Å². The summed E-state index contributed by atoms with van der Waals surface area (Å²) in [4.78, 5) is 12.5. The zero-order chi connectivity index (χ0) is 15.2. The molecule has 0 aliphatic heterocycles. The smallest absolute Gasteiger partial charge is 0.255 e. The van der Waals surface area contributed by atoms with Crippen LogP contribution in [-0.2, 0) is 6.42 Å². The monoisotopic (exact) mass is 410 g/mol. The summed E-state index contributed by atoms with van der Waals surface area (Å²) in [6, 6.07) is 13.3. The highest BCUT2D eigenvalue weighted by Crippen LogP contribution is 2.26. The highest BCUT2D eigenvalue weighted by Gasteiger charge is 2.12. The summed E-state index contributed by atoms with van der Waals surface area (Å²) in [6.45, 7) is 0.840. The number of amides is 1. The van der Waals surface area contributed by atoms with E-state index in [9.17, 15) is 4.79 Å². The van der Waals surface area contributed by atoms with E-state index < -0.39 is 0 Å². The SMILES string of the molecule is CNCCc1ccccc1C(=O)Nc1ccc(Br)cc1Br. The first-order valence-electron chi connectivity index (χ1n) is 6.60. The first kappa shape index (κ1) is 16.2. The summed E-state index contributed by atoms with van der Waals surface area (Å²) in [5.74, 6) is -0.0928. The van der Waals surface area contributed by atoms with Gasteiger partial charge in [0.1, 0.15) is 0 Å². The van der Waals surface area contributed by atoms with Crippen molar-refractivity contribution in [3.8, 4) is 0 Å². The van der Waals surface area contributed by atoms with Crippen LogP contribution in [0.15, 0.2) is 51.4 Å². The minimum atomic E-state index is -0.0928. The van der Waals surface area contributed by atoms with Gasteiger partial charge in [0, 0.05) is 14.5 Å². The Labute approximate surface area is 141 Å². The van der Waals surface area contributed by atoms with E-state index in [-0.39, 0.29) is 5.91 Å². The minimum absolute atomic E-state index is 0.0928. The summed E-state index contributed by atoms with van der Waals surface area (Å²) in [7, 11) is 1.90. The van der Waals surface area contributed by atoms with Gasteiger partial charge < -0.3 is 10.6 Å². The molecule has 0 saturated heterocycles. The summed E-state index contributed by atoms with van der Waals surface area (Å²) in [5, 5.41) is 6.05. The molecule has 21 heavy (non-hydrogen) atoms. The maximum atomic E-state index is 12.5. The summed E-state index contributed by atoms with van der Waals surface area (Å²) >= 11 is 6.85. The third kappa shape index (κ3) is 4.40. The van der Waals surface area contributed by atoms with Gasteiger partial charge in [-0.25, -0.2) is 0 Å². The van der Waals surface area contributed by atoms with Crippen molar-refractivity contribution in [2.75, 3.05) is 18.9 Å². The van der Waals surface area contributed by atoms with Crippen LogP contribution in [0, 0.1) is 0 Å². The quantitative estimate of drug-likeness (QED) is 0.772. The van der Waals surface area contributed by atoms with Crippen molar-refractivity contribution in [2.24, 2.45) is 0 Å². The van der Waals surface area contributed by atoms with Gasteiger partial charge >= 0.3 is 0 Å². The normalized spacial score (nSPS) is 10.4. The molecule has 0 saturated carbocycles. The number of carbonyl (C=O) groups excluding carboxylic acids is 1. The zero-order valence-electron chi connectivity index (χ0n) is 11.6. The van der Waals surface area contributed by atoms with Gasteiger partial charge in [0.05, 0.1) is 5.69 Å². The molecule has 2 aromatic carbocycles. The van der Waals surface area contributed by atoms with E-state index in [4.69, 9.17) is 0 Å². The molecule has 0 radical (unpaired) electrons. The third-order valence-electron chi connectivity index (χ3n) is 3.09. The maximum absolute atomic E-state index is 12.5. The van der Waals surface area contributed by atoms with Crippen LogP contribution >= 0.6 is 31.9 Å². The first-order chi connectivity index (χ1) is 10.1. The van der Waals surface area contributed by atoms with Crippen LogP contribution in [0.3, 0.4) is 0 Å². The van der Waals surface area contributed by atoms with E-state index in [2.05, 4.69) is 42.5 Å². The molecule has 0 atom stereocenters. The molecule has 2 N–H and O–H groups in total. The molecule has 3 nitrogen and oxygen atoms in total. The molecule has 0 heterocycles. The Kier molecular flexibility index (Phi) is 5.96. The minimum Gasteiger partial charge on any atom is -0.321 e. The molecule has 0 aliphatic carbocycles. The van der Waals surface area contributed by atoms with Crippen LogP contribution in [0.5, 0.6) is 0 Å². The largest absolute Gasteiger partial charge is 0.321 e. The topological polar surface area (TPSA) is 41.1 Å². The number of nitrogens with one attached hydrogen (secondary N) is 2. The molecule has 2 rings (SSSR count). The molecule has 5 heteroatoms. The molecule has 2 aromatic rings. The van der Waals surface area contributed by atoms with E-state index in [1.165, 1.54) is 0 Å². The Morgan fingerprint density at radius 1 is 1.14 bits per heavy atom. The van der Waals surface area contributed by atoms with Crippen molar-refractivity contribution in [3.63, 3.8) is 0 Å². The van der Waals surface area contributed by atoms with E-state index in [1.807, 2.05) is 49.5 Å². The van der Waals surface area contributed by atoms with Crippen molar-refractivity contribution >= 4 is 43.5 Å². The Balaban J connectivity index is 2.20. The van der Waals surface area contributed by atoms with Crippen LogP contribution in [-0.4, -0.2) is 19.5 Å². The van der Waals surface area contributed by atoms with Gasteiger partial charge in [-0.2, -0.15) is 0 Å². The number of benzene rings is 2. The maximum Gasteiger partial charge on any atom is 0.255 e. The summed E-state index contributed by atoms with van der Waals surface area (Å²) < 4.78 is 1.81. The van der Waals surface area contributed by atoms with Crippen LogP contribution in [0.1, 0.15) is 15.9 Å². The van der Waals surface area contributed by atoms with E-state index in [0.29, 0.717) is 5.56 Å². The highest BCUT2D eigenvalue weighted by molar-refractivity contribution is 9.11. The molecule has 0 spiro atoms. The number of likely N-dealkylation sites (N-methyl/N-ethyl adjacent to an activating group) is 1. The molecular weight excluding hydrogens is 396 g/mol.